The van der Waals surface area contributed by atoms with Crippen LogP contribution in [0.4, 0.5) is 0 Å². The minimum Gasteiger partial charge on any atom is -0.480 e. The van der Waals surface area contributed by atoms with Crippen LogP contribution in [0.2, 0.25) is 0 Å². The second kappa shape index (κ2) is 6.70. The van der Waals surface area contributed by atoms with Crippen molar-refractivity contribution in [2.75, 3.05) is 0 Å². The van der Waals surface area contributed by atoms with Crippen molar-refractivity contribution in [3.8, 4) is 11.8 Å². The summed E-state index contributed by atoms with van der Waals surface area (Å²) in [5, 5.41) is 21.4. The van der Waals surface area contributed by atoms with E-state index in [2.05, 4.69) is 6.07 Å². The Morgan fingerprint density at radius 3 is 2.46 bits per heavy atom. The molecule has 0 saturated heterocycles. The van der Waals surface area contributed by atoms with Gasteiger partial charge in [-0.25, -0.2) is 4.98 Å². The lowest BCUT2D eigenvalue weighted by Crippen LogP contribution is -2.27. The average molecular weight is 387 g/mol. The highest BCUT2D eigenvalue weighted by atomic mass is 32.2. The number of nitrogens with zero attached hydrogens (tertiary/aromatic N) is 3. The average Bonchev–Trinajstić information content (AvgIpc) is 3.04. The molecule has 4 rings (SSSR count). The van der Waals surface area contributed by atoms with Gasteiger partial charge < -0.3 is 5.11 Å². The minimum atomic E-state index is -1.04. The SMILES string of the molecule is CC(C)(Sc1nc2ccccc2n1-c1ccc(C#N)c2ccccc12)C(=O)O. The molecule has 0 aliphatic rings. The lowest BCUT2D eigenvalue weighted by Gasteiger charge is -2.19. The molecule has 6 heteroatoms. The fourth-order valence-corrected chi connectivity index (χ4v) is 4.13. The Morgan fingerprint density at radius 2 is 1.75 bits per heavy atom. The van der Waals surface area contributed by atoms with E-state index in [1.165, 1.54) is 11.8 Å². The molecule has 28 heavy (non-hydrogen) atoms. The van der Waals surface area contributed by atoms with E-state index in [-0.39, 0.29) is 0 Å². The largest absolute Gasteiger partial charge is 0.480 e. The molecule has 5 nitrogen and oxygen atoms in total. The molecule has 0 saturated carbocycles. The van der Waals surface area contributed by atoms with Gasteiger partial charge in [-0.2, -0.15) is 5.26 Å². The van der Waals surface area contributed by atoms with Gasteiger partial charge in [0, 0.05) is 10.8 Å². The number of nitriles is 1. The molecule has 4 aromatic rings. The zero-order valence-corrected chi connectivity index (χ0v) is 16.2. The van der Waals surface area contributed by atoms with Crippen LogP contribution in [-0.4, -0.2) is 25.4 Å². The summed E-state index contributed by atoms with van der Waals surface area (Å²) in [6.45, 7) is 3.33. The van der Waals surface area contributed by atoms with Crippen LogP contribution in [0.5, 0.6) is 0 Å². The Balaban J connectivity index is 2.04. The van der Waals surface area contributed by atoms with E-state index in [4.69, 9.17) is 4.98 Å². The summed E-state index contributed by atoms with van der Waals surface area (Å²) in [5.41, 5.74) is 3.15. The van der Waals surface area contributed by atoms with Gasteiger partial charge >= 0.3 is 5.97 Å². The fraction of sp³-hybridized carbons (Fsp3) is 0.136. The van der Waals surface area contributed by atoms with E-state index in [9.17, 15) is 15.2 Å². The van der Waals surface area contributed by atoms with Crippen LogP contribution in [0.15, 0.2) is 65.8 Å². The number of aliphatic carboxylic acids is 1. The van der Waals surface area contributed by atoms with Crippen molar-refractivity contribution >= 4 is 39.5 Å². The number of carboxylic acid groups (broad SMARTS) is 1. The molecule has 0 aliphatic carbocycles. The molecule has 0 radical (unpaired) electrons. The summed E-state index contributed by atoms with van der Waals surface area (Å²) in [4.78, 5) is 16.4. The lowest BCUT2D eigenvalue weighted by molar-refractivity contribution is -0.138. The third kappa shape index (κ3) is 2.90. The molecule has 0 bridgehead atoms. The Bertz CT molecular complexity index is 1270. The maximum absolute atomic E-state index is 11.7. The number of hydrogen-bond donors (Lipinski definition) is 1. The van der Waals surface area contributed by atoms with Gasteiger partial charge in [-0.3, -0.25) is 9.36 Å². The number of fused-ring (bicyclic) bond motifs is 2. The predicted molar refractivity (Wildman–Crippen MR) is 111 cm³/mol. The Hall–Kier alpha value is -3.30. The third-order valence-electron chi connectivity index (χ3n) is 4.65. The van der Waals surface area contributed by atoms with Crippen molar-refractivity contribution < 1.29 is 9.90 Å². The molecule has 0 aliphatic heterocycles. The lowest BCUT2D eigenvalue weighted by atomic mass is 10.0. The summed E-state index contributed by atoms with van der Waals surface area (Å²) in [6.07, 6.45) is 0. The Kier molecular flexibility index (Phi) is 4.33. The fourth-order valence-electron chi connectivity index (χ4n) is 3.15. The first-order chi connectivity index (χ1) is 13.4. The molecule has 0 spiro atoms. The monoisotopic (exact) mass is 387 g/mol. The van der Waals surface area contributed by atoms with Crippen LogP contribution in [0.3, 0.4) is 0 Å². The maximum Gasteiger partial charge on any atom is 0.319 e. The van der Waals surface area contributed by atoms with Crippen LogP contribution in [0, 0.1) is 11.3 Å². The second-order valence-corrected chi connectivity index (χ2v) is 8.52. The zero-order chi connectivity index (χ0) is 19.9. The highest BCUT2D eigenvalue weighted by molar-refractivity contribution is 8.01. The van der Waals surface area contributed by atoms with Crippen molar-refractivity contribution in [1.29, 1.82) is 5.26 Å². The Morgan fingerprint density at radius 1 is 1.07 bits per heavy atom. The van der Waals surface area contributed by atoms with E-state index in [1.54, 1.807) is 19.9 Å². The smallest absolute Gasteiger partial charge is 0.319 e. The first kappa shape index (κ1) is 18.1. The molecule has 1 N–H and O–H groups in total. The summed E-state index contributed by atoms with van der Waals surface area (Å²) in [7, 11) is 0. The molecule has 0 atom stereocenters. The predicted octanol–water partition coefficient (Wildman–Crippen LogP) is 5.01. The third-order valence-corrected chi connectivity index (χ3v) is 5.80. The highest BCUT2D eigenvalue weighted by Crippen LogP contribution is 2.38. The van der Waals surface area contributed by atoms with E-state index in [0.717, 1.165) is 27.5 Å². The summed E-state index contributed by atoms with van der Waals surface area (Å²) in [5.74, 6) is -0.902. The van der Waals surface area contributed by atoms with Gasteiger partial charge in [0.1, 0.15) is 4.75 Å². The van der Waals surface area contributed by atoms with Crippen molar-refractivity contribution in [3.05, 3.63) is 66.2 Å². The van der Waals surface area contributed by atoms with E-state index in [0.29, 0.717) is 10.7 Å². The zero-order valence-electron chi connectivity index (χ0n) is 15.4. The van der Waals surface area contributed by atoms with Gasteiger partial charge in [0.25, 0.3) is 0 Å². The van der Waals surface area contributed by atoms with Gasteiger partial charge in [0.15, 0.2) is 5.16 Å². The molecule has 0 fully saturated rings. The first-order valence-electron chi connectivity index (χ1n) is 8.74. The number of para-hydroxylation sites is 2. The van der Waals surface area contributed by atoms with E-state index < -0.39 is 10.7 Å². The number of carboxylic acids is 1. The molecule has 0 amide bonds. The molecular formula is C22H17N3O2S. The molecular weight excluding hydrogens is 370 g/mol. The number of imidazole rings is 1. The normalized spacial score (nSPS) is 11.6. The van der Waals surface area contributed by atoms with E-state index in [1.807, 2.05) is 59.2 Å². The molecule has 0 unspecified atom stereocenters. The standard InChI is InChI=1S/C22H17N3O2S/c1-22(2,20(26)27)28-21-24-17-9-5-6-10-19(17)25(21)18-12-11-14(13-23)15-7-3-4-8-16(15)18/h3-12H,1-2H3,(H,26,27). The number of hydrogen-bond acceptors (Lipinski definition) is 4. The van der Waals surface area contributed by atoms with Crippen molar-refractivity contribution in [2.45, 2.75) is 23.8 Å². The van der Waals surface area contributed by atoms with Crippen LogP contribution in [0.1, 0.15) is 19.4 Å². The Labute approximate surface area is 166 Å². The first-order valence-corrected chi connectivity index (χ1v) is 9.56. The van der Waals surface area contributed by atoms with Gasteiger partial charge in [-0.05, 0) is 38.1 Å². The van der Waals surface area contributed by atoms with Gasteiger partial charge in [-0.1, -0.05) is 48.2 Å². The van der Waals surface area contributed by atoms with Gasteiger partial charge in [0.2, 0.25) is 0 Å². The molecule has 138 valence electrons. The number of benzene rings is 3. The number of thioether (sulfide) groups is 1. The number of rotatable bonds is 4. The van der Waals surface area contributed by atoms with Crippen LogP contribution < -0.4 is 0 Å². The topological polar surface area (TPSA) is 78.9 Å². The number of carbonyl (C=O) groups is 1. The highest BCUT2D eigenvalue weighted by Gasteiger charge is 2.31. The van der Waals surface area contributed by atoms with E-state index >= 15 is 0 Å². The second-order valence-electron chi connectivity index (χ2n) is 6.93. The van der Waals surface area contributed by atoms with Crippen molar-refractivity contribution in [1.82, 2.24) is 9.55 Å². The summed E-state index contributed by atoms with van der Waals surface area (Å²) in [6, 6.07) is 21.4. The summed E-state index contributed by atoms with van der Waals surface area (Å²) >= 11 is 1.21. The molecule has 3 aromatic carbocycles. The molecule has 1 aromatic heterocycles. The van der Waals surface area contributed by atoms with Crippen LogP contribution >= 0.6 is 11.8 Å². The van der Waals surface area contributed by atoms with Crippen LogP contribution in [-0.2, 0) is 4.79 Å². The van der Waals surface area contributed by atoms with Crippen molar-refractivity contribution in [3.63, 3.8) is 0 Å². The quantitative estimate of drug-likeness (QED) is 0.498. The van der Waals surface area contributed by atoms with Crippen LogP contribution in [0.25, 0.3) is 27.5 Å². The van der Waals surface area contributed by atoms with Gasteiger partial charge in [0.05, 0.1) is 28.4 Å². The van der Waals surface area contributed by atoms with Gasteiger partial charge in [-0.15, -0.1) is 0 Å². The molecule has 1 heterocycles. The maximum atomic E-state index is 11.7. The number of aromatic nitrogens is 2. The minimum absolute atomic E-state index is 0.600. The summed E-state index contributed by atoms with van der Waals surface area (Å²) < 4.78 is 0.940. The van der Waals surface area contributed by atoms with Crippen molar-refractivity contribution in [2.24, 2.45) is 0 Å².